The van der Waals surface area contributed by atoms with Crippen molar-refractivity contribution in [2.75, 3.05) is 38.2 Å². The number of carbonyl (C=O) groups is 1. The molecule has 0 aromatic heterocycles. The molecular formula is C32H40ClN3O5S. The van der Waals surface area contributed by atoms with Crippen molar-refractivity contribution >= 4 is 33.2 Å². The number of anilines is 1. The van der Waals surface area contributed by atoms with Crippen molar-refractivity contribution in [3.05, 3.63) is 64.7 Å². The van der Waals surface area contributed by atoms with Gasteiger partial charge in [-0.25, -0.2) is 13.1 Å². The lowest BCUT2D eigenvalue weighted by Gasteiger charge is -2.43. The van der Waals surface area contributed by atoms with Crippen molar-refractivity contribution in [3.8, 4) is 5.75 Å². The Morgan fingerprint density at radius 3 is 2.71 bits per heavy atom. The third-order valence-corrected chi connectivity index (χ3v) is 11.0. The van der Waals surface area contributed by atoms with Crippen LogP contribution in [0.2, 0.25) is 5.02 Å². The summed E-state index contributed by atoms with van der Waals surface area (Å²) >= 11 is 6.32. The molecule has 2 aromatic carbocycles. The molecule has 6 rings (SSSR count). The van der Waals surface area contributed by atoms with Crippen LogP contribution >= 0.6 is 11.6 Å². The lowest BCUT2D eigenvalue weighted by molar-refractivity contribution is -0.123. The minimum absolute atomic E-state index is 0.00264. The number of nitrogens with one attached hydrogen (secondary N) is 1. The summed E-state index contributed by atoms with van der Waals surface area (Å²) in [7, 11) is -2.31. The average Bonchev–Trinajstić information content (AvgIpc) is 3.42. The third-order valence-electron chi connectivity index (χ3n) is 9.45. The molecule has 2 aromatic rings. The number of sulfonamides is 1. The first-order valence-corrected chi connectivity index (χ1v) is 17.0. The van der Waals surface area contributed by atoms with Gasteiger partial charge in [0.25, 0.3) is 15.9 Å². The van der Waals surface area contributed by atoms with Crippen LogP contribution in [0.3, 0.4) is 0 Å². The van der Waals surface area contributed by atoms with Gasteiger partial charge < -0.3 is 14.4 Å². The van der Waals surface area contributed by atoms with Crippen LogP contribution in [-0.4, -0.2) is 64.7 Å². The molecule has 10 heteroatoms. The SMILES string of the molecule is CO[C@H]1/C=C/CN2CCC[C@H]2C(=O)NS(=O)(=O)c2ccc3c(c2)N(CCCCc2cc(Cl)ccc2CO3)C[C@@H]2CC[C@H]21. The fraction of sp³-hybridized carbons (Fsp3) is 0.531. The van der Waals surface area contributed by atoms with E-state index in [1.54, 1.807) is 25.3 Å². The molecule has 0 radical (unpaired) electrons. The highest BCUT2D eigenvalue weighted by atomic mass is 35.5. The zero-order chi connectivity index (χ0) is 29.3. The number of aryl methyl sites for hydroxylation is 1. The van der Waals surface area contributed by atoms with Crippen molar-refractivity contribution in [1.29, 1.82) is 0 Å². The maximum atomic E-state index is 13.6. The van der Waals surface area contributed by atoms with E-state index in [0.29, 0.717) is 42.2 Å². The maximum absolute atomic E-state index is 13.6. The summed E-state index contributed by atoms with van der Waals surface area (Å²) < 4.78 is 41.9. The van der Waals surface area contributed by atoms with Gasteiger partial charge in [0, 0.05) is 31.8 Å². The van der Waals surface area contributed by atoms with Crippen LogP contribution in [0.1, 0.15) is 49.7 Å². The minimum Gasteiger partial charge on any atom is -0.487 e. The van der Waals surface area contributed by atoms with Crippen molar-refractivity contribution in [2.24, 2.45) is 11.8 Å². The quantitative estimate of drug-likeness (QED) is 0.456. The molecule has 2 bridgehead atoms. The Hall–Kier alpha value is -2.59. The summed E-state index contributed by atoms with van der Waals surface area (Å²) in [4.78, 5) is 17.7. The first-order chi connectivity index (χ1) is 20.3. The molecule has 0 unspecified atom stereocenters. The lowest BCUT2D eigenvalue weighted by atomic mass is 9.70. The van der Waals surface area contributed by atoms with E-state index in [1.807, 2.05) is 18.2 Å². The number of hydrogen-bond acceptors (Lipinski definition) is 7. The summed E-state index contributed by atoms with van der Waals surface area (Å²) in [6.45, 7) is 3.24. The largest absolute Gasteiger partial charge is 0.487 e. The highest BCUT2D eigenvalue weighted by molar-refractivity contribution is 7.90. The Balaban J connectivity index is 1.39. The molecule has 1 saturated heterocycles. The second kappa shape index (κ2) is 12.6. The molecule has 4 atom stereocenters. The number of hydrogen-bond donors (Lipinski definition) is 1. The molecule has 1 N–H and O–H groups in total. The first kappa shape index (κ1) is 29.5. The second-order valence-electron chi connectivity index (χ2n) is 12.0. The number of fused-ring (bicyclic) bond motifs is 4. The molecule has 8 nitrogen and oxygen atoms in total. The third kappa shape index (κ3) is 6.20. The van der Waals surface area contributed by atoms with Crippen LogP contribution in [0.25, 0.3) is 0 Å². The average molecular weight is 614 g/mol. The van der Waals surface area contributed by atoms with Gasteiger partial charge in [0.2, 0.25) is 0 Å². The fourth-order valence-electron chi connectivity index (χ4n) is 6.95. The van der Waals surface area contributed by atoms with Gasteiger partial charge in [0.15, 0.2) is 0 Å². The molecule has 4 aliphatic rings. The molecule has 1 aliphatic carbocycles. The van der Waals surface area contributed by atoms with Gasteiger partial charge in [-0.2, -0.15) is 0 Å². The van der Waals surface area contributed by atoms with E-state index in [-0.39, 0.29) is 11.0 Å². The Morgan fingerprint density at radius 1 is 1.02 bits per heavy atom. The van der Waals surface area contributed by atoms with Crippen LogP contribution in [-0.2, 0) is 32.6 Å². The molecule has 0 spiro atoms. The van der Waals surface area contributed by atoms with Crippen LogP contribution in [0, 0.1) is 11.8 Å². The number of benzene rings is 2. The zero-order valence-corrected chi connectivity index (χ0v) is 25.7. The highest BCUT2D eigenvalue weighted by Crippen LogP contribution is 2.42. The Kier molecular flexibility index (Phi) is 8.82. The van der Waals surface area contributed by atoms with Gasteiger partial charge in [-0.15, -0.1) is 0 Å². The van der Waals surface area contributed by atoms with E-state index in [1.165, 1.54) is 5.56 Å². The molecule has 226 valence electrons. The van der Waals surface area contributed by atoms with E-state index >= 15 is 0 Å². The summed E-state index contributed by atoms with van der Waals surface area (Å²) in [5.74, 6) is 0.930. The number of ether oxygens (including phenoxy) is 2. The fourth-order valence-corrected chi connectivity index (χ4v) is 8.18. The van der Waals surface area contributed by atoms with E-state index in [4.69, 9.17) is 21.1 Å². The van der Waals surface area contributed by atoms with Crippen LogP contribution in [0.4, 0.5) is 5.69 Å². The Labute approximate surface area is 254 Å². The smallest absolute Gasteiger partial charge is 0.264 e. The van der Waals surface area contributed by atoms with Crippen LogP contribution < -0.4 is 14.4 Å². The molecular weight excluding hydrogens is 574 g/mol. The van der Waals surface area contributed by atoms with Crippen molar-refractivity contribution in [1.82, 2.24) is 9.62 Å². The topological polar surface area (TPSA) is 88.2 Å². The monoisotopic (exact) mass is 613 g/mol. The van der Waals surface area contributed by atoms with Gasteiger partial charge in [0.05, 0.1) is 22.7 Å². The van der Waals surface area contributed by atoms with Gasteiger partial charge in [-0.05, 0) is 105 Å². The molecule has 3 heterocycles. The predicted octanol–water partition coefficient (Wildman–Crippen LogP) is 4.94. The summed E-state index contributed by atoms with van der Waals surface area (Å²) in [5, 5.41) is 0.713. The van der Waals surface area contributed by atoms with Gasteiger partial charge >= 0.3 is 0 Å². The highest BCUT2D eigenvalue weighted by Gasteiger charge is 2.38. The normalized spacial score (nSPS) is 29.0. The van der Waals surface area contributed by atoms with Crippen molar-refractivity contribution in [2.45, 2.75) is 68.6 Å². The van der Waals surface area contributed by atoms with Gasteiger partial charge in [0.1, 0.15) is 12.4 Å². The number of rotatable bonds is 1. The van der Waals surface area contributed by atoms with Gasteiger partial charge in [-0.1, -0.05) is 29.8 Å². The molecule has 3 aliphatic heterocycles. The minimum atomic E-state index is -4.08. The van der Waals surface area contributed by atoms with Crippen LogP contribution in [0.15, 0.2) is 53.4 Å². The Morgan fingerprint density at radius 2 is 1.90 bits per heavy atom. The summed E-state index contributed by atoms with van der Waals surface area (Å²) in [6.07, 6.45) is 10.7. The number of halogens is 1. The maximum Gasteiger partial charge on any atom is 0.264 e. The number of amides is 1. The standard InChI is InChI=1S/C32H40ClN3O5S/c1-40-30-8-5-17-35-16-4-7-28(35)32(37)34-42(38,39)26-12-14-31-29(19-26)36(20-23-10-13-27(23)30)15-3-2-6-22-18-25(33)11-9-24(22)21-41-31/h5,8-9,11-12,14,18-19,23,27-28,30H,2-4,6-7,10,13,15-17,20-21H2,1H3,(H,34,37)/b8-5+/t23-,27+,28-,30-/m0/s1. The number of methoxy groups -OCH3 is 1. The number of nitrogens with zero attached hydrogens (tertiary/aromatic N) is 2. The van der Waals surface area contributed by atoms with Crippen molar-refractivity contribution in [3.63, 3.8) is 0 Å². The van der Waals surface area contributed by atoms with E-state index < -0.39 is 22.0 Å². The zero-order valence-electron chi connectivity index (χ0n) is 24.1. The van der Waals surface area contributed by atoms with Crippen LogP contribution in [0.5, 0.6) is 5.75 Å². The van der Waals surface area contributed by atoms with E-state index in [0.717, 1.165) is 69.4 Å². The number of carbonyl (C=O) groups excluding carboxylic acids is 1. The molecule has 42 heavy (non-hydrogen) atoms. The van der Waals surface area contributed by atoms with E-state index in [2.05, 4.69) is 26.7 Å². The molecule has 1 saturated carbocycles. The molecule has 1 amide bonds. The van der Waals surface area contributed by atoms with E-state index in [9.17, 15) is 13.2 Å². The second-order valence-corrected chi connectivity index (χ2v) is 14.1. The molecule has 2 fully saturated rings. The summed E-state index contributed by atoms with van der Waals surface area (Å²) in [5.41, 5.74) is 3.00. The van der Waals surface area contributed by atoms with Crippen molar-refractivity contribution < 1.29 is 22.7 Å². The first-order valence-electron chi connectivity index (χ1n) is 15.1. The lowest BCUT2D eigenvalue weighted by Crippen LogP contribution is -2.46. The predicted molar refractivity (Wildman–Crippen MR) is 163 cm³/mol. The van der Waals surface area contributed by atoms with Gasteiger partial charge in [-0.3, -0.25) is 9.69 Å². The summed E-state index contributed by atoms with van der Waals surface area (Å²) in [6, 6.07) is 10.4. The Bertz CT molecular complexity index is 1450.